The Kier molecular flexibility index (Phi) is 5.22. The Bertz CT molecular complexity index is 661. The van der Waals surface area contributed by atoms with E-state index in [1.54, 1.807) is 6.07 Å². The lowest BCUT2D eigenvalue weighted by Gasteiger charge is -2.22. The second-order valence-electron chi connectivity index (χ2n) is 5.60. The van der Waals surface area contributed by atoms with E-state index in [1.165, 1.54) is 5.56 Å². The Labute approximate surface area is 141 Å². The Morgan fingerprint density at radius 2 is 1.86 bits per heavy atom. The molecule has 2 aromatic rings. The summed E-state index contributed by atoms with van der Waals surface area (Å²) in [6.45, 7) is 1.73. The number of hydrogen-bond acceptors (Lipinski definition) is 3. The molecule has 0 saturated heterocycles. The van der Waals surface area contributed by atoms with E-state index in [1.807, 2.05) is 18.2 Å². The molecule has 1 unspecified atom stereocenters. The molecular weight excluding hydrogens is 321 g/mol. The lowest BCUT2D eigenvalue weighted by atomic mass is 9.87. The van der Waals surface area contributed by atoms with E-state index in [2.05, 4.69) is 24.1 Å². The van der Waals surface area contributed by atoms with Crippen molar-refractivity contribution in [2.75, 3.05) is 20.1 Å². The van der Waals surface area contributed by atoms with E-state index in [0.29, 0.717) is 0 Å². The molecule has 0 spiro atoms. The van der Waals surface area contributed by atoms with Crippen LogP contribution in [0.4, 0.5) is 0 Å². The molecule has 0 radical (unpaired) electrons. The molecule has 2 N–H and O–H groups in total. The van der Waals surface area contributed by atoms with Crippen LogP contribution in [-0.4, -0.2) is 35.3 Å². The number of aromatic hydroxyl groups is 2. The van der Waals surface area contributed by atoms with Crippen molar-refractivity contribution in [1.29, 1.82) is 0 Å². The summed E-state index contributed by atoms with van der Waals surface area (Å²) in [4.78, 5) is 2.25. The van der Waals surface area contributed by atoms with Crippen LogP contribution in [0.3, 0.4) is 0 Å². The van der Waals surface area contributed by atoms with Gasteiger partial charge >= 0.3 is 0 Å². The molecule has 0 bridgehead atoms. The minimum atomic E-state index is -0.216. The zero-order chi connectivity index (χ0) is 15.0. The fourth-order valence-corrected chi connectivity index (χ4v) is 3.32. The molecule has 0 aromatic heterocycles. The molecular formula is C17H19Cl2NO2. The predicted molar refractivity (Wildman–Crippen MR) is 91.5 cm³/mol. The molecule has 0 fully saturated rings. The first-order valence-electron chi connectivity index (χ1n) is 7.04. The van der Waals surface area contributed by atoms with Gasteiger partial charge in [0.1, 0.15) is 0 Å². The van der Waals surface area contributed by atoms with Crippen LogP contribution in [0.15, 0.2) is 36.4 Å². The number of halogens is 2. The highest BCUT2D eigenvalue weighted by molar-refractivity contribution is 6.33. The van der Waals surface area contributed by atoms with Crippen LogP contribution < -0.4 is 0 Å². The molecule has 3 nitrogen and oxygen atoms in total. The van der Waals surface area contributed by atoms with Crippen LogP contribution in [0.5, 0.6) is 11.5 Å². The molecule has 1 aliphatic rings. The van der Waals surface area contributed by atoms with Crippen LogP contribution in [0.25, 0.3) is 0 Å². The predicted octanol–water partition coefficient (Wildman–Crippen LogP) is 3.79. The van der Waals surface area contributed by atoms with Gasteiger partial charge in [0.05, 0.1) is 5.02 Å². The van der Waals surface area contributed by atoms with Gasteiger partial charge in [0.2, 0.25) is 0 Å². The van der Waals surface area contributed by atoms with Gasteiger partial charge in [-0.3, -0.25) is 0 Å². The Morgan fingerprint density at radius 1 is 1.18 bits per heavy atom. The quantitative estimate of drug-likeness (QED) is 0.777. The van der Waals surface area contributed by atoms with Gasteiger partial charge in [-0.05, 0) is 36.2 Å². The summed E-state index contributed by atoms with van der Waals surface area (Å²) < 4.78 is 0. The van der Waals surface area contributed by atoms with Crippen molar-refractivity contribution in [3.63, 3.8) is 0 Å². The zero-order valence-corrected chi connectivity index (χ0v) is 13.9. The van der Waals surface area contributed by atoms with Gasteiger partial charge in [0, 0.05) is 19.0 Å². The maximum atomic E-state index is 9.93. The fourth-order valence-electron chi connectivity index (χ4n) is 3.02. The van der Waals surface area contributed by atoms with E-state index in [0.717, 1.165) is 30.6 Å². The SMILES string of the molecule is CN1CCc2c(cc(O)c(O)c2Cl)C(c2ccccc2)C1.Cl. The second kappa shape index (κ2) is 6.78. The van der Waals surface area contributed by atoms with Gasteiger partial charge in [-0.2, -0.15) is 0 Å². The van der Waals surface area contributed by atoms with E-state index in [-0.39, 0.29) is 34.8 Å². The smallest absolute Gasteiger partial charge is 0.176 e. The summed E-state index contributed by atoms with van der Waals surface area (Å²) in [5.74, 6) is -0.228. The maximum Gasteiger partial charge on any atom is 0.176 e. The number of benzene rings is 2. The van der Waals surface area contributed by atoms with Gasteiger partial charge in [-0.15, -0.1) is 12.4 Å². The monoisotopic (exact) mass is 339 g/mol. The zero-order valence-electron chi connectivity index (χ0n) is 12.3. The van der Waals surface area contributed by atoms with Gasteiger partial charge < -0.3 is 15.1 Å². The van der Waals surface area contributed by atoms with E-state index < -0.39 is 0 Å². The molecule has 1 aliphatic heterocycles. The summed E-state index contributed by atoms with van der Waals surface area (Å²) in [5, 5.41) is 20.1. The Hall–Kier alpha value is -1.42. The summed E-state index contributed by atoms with van der Waals surface area (Å²) in [6.07, 6.45) is 0.766. The molecule has 2 aromatic carbocycles. The van der Waals surface area contributed by atoms with E-state index >= 15 is 0 Å². The van der Waals surface area contributed by atoms with Crippen LogP contribution in [0.2, 0.25) is 5.02 Å². The average molecular weight is 340 g/mol. The number of nitrogens with zero attached hydrogens (tertiary/aromatic N) is 1. The van der Waals surface area contributed by atoms with Crippen molar-refractivity contribution in [2.24, 2.45) is 0 Å². The minimum absolute atomic E-state index is 0. The normalized spacial score (nSPS) is 18.2. The molecule has 0 amide bonds. The first-order chi connectivity index (χ1) is 10.1. The van der Waals surface area contributed by atoms with Crippen LogP contribution in [-0.2, 0) is 6.42 Å². The third-order valence-electron chi connectivity index (χ3n) is 4.17. The summed E-state index contributed by atoms with van der Waals surface area (Å²) in [6, 6.07) is 11.9. The molecule has 3 rings (SSSR count). The molecule has 1 heterocycles. The van der Waals surface area contributed by atoms with Gasteiger partial charge in [-0.1, -0.05) is 41.9 Å². The highest BCUT2D eigenvalue weighted by Crippen LogP contribution is 2.43. The number of fused-ring (bicyclic) bond motifs is 1. The Balaban J connectivity index is 0.00000176. The second-order valence-corrected chi connectivity index (χ2v) is 5.98. The maximum absolute atomic E-state index is 9.93. The topological polar surface area (TPSA) is 43.7 Å². The van der Waals surface area contributed by atoms with E-state index in [9.17, 15) is 10.2 Å². The first-order valence-corrected chi connectivity index (χ1v) is 7.42. The van der Waals surface area contributed by atoms with Crippen LogP contribution in [0.1, 0.15) is 22.6 Å². The van der Waals surface area contributed by atoms with Crippen molar-refractivity contribution in [3.8, 4) is 11.5 Å². The molecule has 0 aliphatic carbocycles. The standard InChI is InChI=1S/C17H18ClNO2.ClH/c1-19-8-7-12-13(9-15(20)17(21)16(12)18)14(10-19)11-5-3-2-4-6-11;/h2-6,9,14,20-21H,7-8,10H2,1H3;1H. The molecule has 118 valence electrons. The molecule has 1 atom stereocenters. The third kappa shape index (κ3) is 3.02. The number of likely N-dealkylation sites (N-methyl/N-ethyl adjacent to an activating group) is 1. The molecule has 5 heteroatoms. The van der Waals surface area contributed by atoms with Crippen LogP contribution in [0, 0.1) is 0 Å². The number of rotatable bonds is 1. The number of phenolic OH excluding ortho intramolecular Hbond substituents is 2. The fraction of sp³-hybridized carbons (Fsp3) is 0.294. The van der Waals surface area contributed by atoms with Crippen molar-refractivity contribution in [2.45, 2.75) is 12.3 Å². The number of hydrogen-bond donors (Lipinski definition) is 2. The minimum Gasteiger partial charge on any atom is -0.504 e. The number of phenols is 2. The van der Waals surface area contributed by atoms with Crippen molar-refractivity contribution in [3.05, 3.63) is 58.1 Å². The van der Waals surface area contributed by atoms with Gasteiger partial charge in [0.15, 0.2) is 11.5 Å². The van der Waals surface area contributed by atoms with Crippen molar-refractivity contribution < 1.29 is 10.2 Å². The lowest BCUT2D eigenvalue weighted by Crippen LogP contribution is -2.24. The third-order valence-corrected chi connectivity index (χ3v) is 4.58. The largest absolute Gasteiger partial charge is 0.504 e. The first kappa shape index (κ1) is 16.9. The van der Waals surface area contributed by atoms with Crippen molar-refractivity contribution >= 4 is 24.0 Å². The lowest BCUT2D eigenvalue weighted by molar-refractivity contribution is 0.338. The van der Waals surface area contributed by atoms with E-state index in [4.69, 9.17) is 11.6 Å². The molecule has 22 heavy (non-hydrogen) atoms. The average Bonchev–Trinajstić information content (AvgIpc) is 2.65. The highest BCUT2D eigenvalue weighted by Gasteiger charge is 2.27. The summed E-state index contributed by atoms with van der Waals surface area (Å²) in [7, 11) is 2.08. The van der Waals surface area contributed by atoms with Gasteiger partial charge in [-0.25, -0.2) is 0 Å². The highest BCUT2D eigenvalue weighted by atomic mass is 35.5. The summed E-state index contributed by atoms with van der Waals surface area (Å²) >= 11 is 6.26. The van der Waals surface area contributed by atoms with Crippen molar-refractivity contribution in [1.82, 2.24) is 4.90 Å². The molecule has 0 saturated carbocycles. The van der Waals surface area contributed by atoms with Crippen LogP contribution >= 0.6 is 24.0 Å². The Morgan fingerprint density at radius 3 is 2.55 bits per heavy atom. The summed E-state index contributed by atoms with van der Waals surface area (Å²) in [5.41, 5.74) is 3.13. The van der Waals surface area contributed by atoms with Gasteiger partial charge in [0.25, 0.3) is 0 Å².